The Kier molecular flexibility index (Phi) is 9.36. The molecule has 0 fully saturated rings. The number of ether oxygens (including phenoxy) is 1. The molecule has 42 heavy (non-hydrogen) atoms. The highest BCUT2D eigenvalue weighted by Gasteiger charge is 2.36. The van der Waals surface area contributed by atoms with Crippen molar-refractivity contribution in [2.24, 2.45) is 0 Å². The Balaban J connectivity index is 1.36. The first-order valence-electron chi connectivity index (χ1n) is 13.5. The first kappa shape index (κ1) is 29.5. The average Bonchev–Trinajstić information content (AvgIpc) is 3.01. The summed E-state index contributed by atoms with van der Waals surface area (Å²) < 4.78 is 35.4. The Labute approximate surface area is 254 Å². The number of anilines is 1. The lowest BCUT2D eigenvalue weighted by molar-refractivity contribution is -0.128. The second-order valence-electron chi connectivity index (χ2n) is 9.82. The van der Waals surface area contributed by atoms with Gasteiger partial charge in [-0.1, -0.05) is 88.7 Å². The summed E-state index contributed by atoms with van der Waals surface area (Å²) in [5.41, 5.74) is 2.32. The van der Waals surface area contributed by atoms with E-state index in [0.717, 1.165) is 15.6 Å². The van der Waals surface area contributed by atoms with Crippen LogP contribution in [-0.4, -0.2) is 50.3 Å². The van der Waals surface area contributed by atoms with Gasteiger partial charge in [-0.25, -0.2) is 8.42 Å². The molecule has 8 nitrogen and oxygen atoms in total. The Bertz CT molecular complexity index is 1630. The number of rotatable bonds is 10. The number of sulfonamides is 1. The molecule has 0 aliphatic carbocycles. The van der Waals surface area contributed by atoms with Gasteiger partial charge in [0.15, 0.2) is 6.10 Å². The average molecular weight is 649 g/mol. The predicted octanol–water partition coefficient (Wildman–Crippen LogP) is 4.79. The van der Waals surface area contributed by atoms with E-state index in [2.05, 4.69) is 21.2 Å². The molecular formula is C32H30BrN3O5S. The second kappa shape index (κ2) is 13.3. The SMILES string of the molecule is O=C(NCCc1ccccc1)[C@@H]1CN(C(=O)CN(Cc2ccccc2)S(=O)(=O)c2ccc(Br)cc2)c2ccccc2O1. The van der Waals surface area contributed by atoms with Crippen LogP contribution in [0, 0.1) is 0 Å². The van der Waals surface area contributed by atoms with E-state index in [4.69, 9.17) is 4.74 Å². The monoisotopic (exact) mass is 647 g/mol. The van der Waals surface area contributed by atoms with Crippen LogP contribution < -0.4 is 15.0 Å². The maximum Gasteiger partial charge on any atom is 0.262 e. The number of para-hydroxylation sites is 2. The lowest BCUT2D eigenvalue weighted by Crippen LogP contribution is -2.53. The fraction of sp³-hybridized carbons (Fsp3) is 0.188. The van der Waals surface area contributed by atoms with Gasteiger partial charge in [0, 0.05) is 17.6 Å². The Morgan fingerprint density at radius 3 is 2.17 bits per heavy atom. The standard InChI is InChI=1S/C32H30BrN3O5S/c33-26-15-17-27(18-16-26)42(39,40)35(21-25-11-5-2-6-12-25)23-31(37)36-22-30(41-29-14-8-7-13-28(29)36)32(38)34-20-19-24-9-3-1-4-10-24/h1-18,30H,19-23H2,(H,34,38)/t30-/m0/s1. The molecule has 10 heteroatoms. The summed E-state index contributed by atoms with van der Waals surface area (Å²) in [4.78, 5) is 28.5. The number of fused-ring (bicyclic) bond motifs is 1. The molecule has 2 amide bonds. The molecule has 1 atom stereocenters. The summed E-state index contributed by atoms with van der Waals surface area (Å²) in [5, 5.41) is 2.90. The normalized spacial score (nSPS) is 14.6. The molecule has 4 aromatic rings. The van der Waals surface area contributed by atoms with Crippen molar-refractivity contribution in [1.29, 1.82) is 0 Å². The quantitative estimate of drug-likeness (QED) is 0.267. The number of benzene rings is 4. The molecule has 0 saturated heterocycles. The first-order chi connectivity index (χ1) is 20.3. The number of carbonyl (C=O) groups is 2. The van der Waals surface area contributed by atoms with Gasteiger partial charge in [-0.05, 0) is 53.9 Å². The predicted molar refractivity (Wildman–Crippen MR) is 165 cm³/mol. The van der Waals surface area contributed by atoms with Crippen LogP contribution in [0.4, 0.5) is 5.69 Å². The number of hydrogen-bond acceptors (Lipinski definition) is 5. The summed E-state index contributed by atoms with van der Waals surface area (Å²) >= 11 is 3.34. The molecule has 4 aromatic carbocycles. The van der Waals surface area contributed by atoms with Crippen molar-refractivity contribution >= 4 is 43.5 Å². The molecule has 0 bridgehead atoms. The topological polar surface area (TPSA) is 96.0 Å². The summed E-state index contributed by atoms with van der Waals surface area (Å²) in [6.07, 6.45) is -0.300. The minimum absolute atomic E-state index is 0.000362. The van der Waals surface area contributed by atoms with Crippen LogP contribution in [0.2, 0.25) is 0 Å². The number of nitrogens with zero attached hydrogens (tertiary/aromatic N) is 2. The van der Waals surface area contributed by atoms with Gasteiger partial charge in [0.1, 0.15) is 5.75 Å². The van der Waals surface area contributed by atoms with Crippen LogP contribution in [0.1, 0.15) is 11.1 Å². The van der Waals surface area contributed by atoms with E-state index in [1.165, 1.54) is 21.3 Å². The Morgan fingerprint density at radius 1 is 0.857 bits per heavy atom. The van der Waals surface area contributed by atoms with Crippen molar-refractivity contribution < 1.29 is 22.7 Å². The van der Waals surface area contributed by atoms with Crippen LogP contribution in [0.3, 0.4) is 0 Å². The highest BCUT2D eigenvalue weighted by atomic mass is 79.9. The van der Waals surface area contributed by atoms with Crippen LogP contribution in [0.25, 0.3) is 0 Å². The third-order valence-corrected chi connectivity index (χ3v) is 9.22. The minimum atomic E-state index is -4.04. The van der Waals surface area contributed by atoms with Gasteiger partial charge in [0.2, 0.25) is 15.9 Å². The maximum atomic E-state index is 13.9. The van der Waals surface area contributed by atoms with E-state index >= 15 is 0 Å². The van der Waals surface area contributed by atoms with Crippen molar-refractivity contribution in [3.05, 3.63) is 125 Å². The third kappa shape index (κ3) is 7.07. The molecule has 1 N–H and O–H groups in total. The van der Waals surface area contributed by atoms with Crippen molar-refractivity contribution in [2.75, 3.05) is 24.5 Å². The summed E-state index contributed by atoms with van der Waals surface area (Å²) in [6, 6.07) is 32.2. The van der Waals surface area contributed by atoms with Gasteiger partial charge in [-0.15, -0.1) is 0 Å². The number of amides is 2. The molecule has 0 aromatic heterocycles. The number of carbonyl (C=O) groups excluding carboxylic acids is 2. The molecule has 5 rings (SSSR count). The molecule has 0 spiro atoms. The smallest absolute Gasteiger partial charge is 0.262 e. The molecule has 1 heterocycles. The molecule has 1 aliphatic rings. The van der Waals surface area contributed by atoms with E-state index in [1.807, 2.05) is 60.7 Å². The first-order valence-corrected chi connectivity index (χ1v) is 15.7. The molecule has 216 valence electrons. The largest absolute Gasteiger partial charge is 0.477 e. The Hall–Kier alpha value is -3.99. The zero-order valence-electron chi connectivity index (χ0n) is 22.7. The highest BCUT2D eigenvalue weighted by Crippen LogP contribution is 2.33. The zero-order valence-corrected chi connectivity index (χ0v) is 25.1. The lowest BCUT2D eigenvalue weighted by Gasteiger charge is -2.35. The molecule has 0 unspecified atom stereocenters. The van der Waals surface area contributed by atoms with Gasteiger partial charge < -0.3 is 15.0 Å². The zero-order chi connectivity index (χ0) is 29.5. The fourth-order valence-electron chi connectivity index (χ4n) is 4.70. The van der Waals surface area contributed by atoms with Crippen LogP contribution >= 0.6 is 15.9 Å². The summed E-state index contributed by atoms with van der Waals surface area (Å²) in [7, 11) is -4.04. The van der Waals surface area contributed by atoms with E-state index in [9.17, 15) is 18.0 Å². The van der Waals surface area contributed by atoms with E-state index in [1.54, 1.807) is 36.4 Å². The fourth-order valence-corrected chi connectivity index (χ4v) is 6.34. The molecule has 0 radical (unpaired) electrons. The molecule has 0 saturated carbocycles. The summed E-state index contributed by atoms with van der Waals surface area (Å²) in [5.74, 6) is -0.433. The maximum absolute atomic E-state index is 13.9. The van der Waals surface area contributed by atoms with Crippen LogP contribution in [-0.2, 0) is 32.6 Å². The highest BCUT2D eigenvalue weighted by molar-refractivity contribution is 9.10. The summed E-state index contributed by atoms with van der Waals surface area (Å²) in [6.45, 7) is -0.0660. The van der Waals surface area contributed by atoms with Crippen LogP contribution in [0.5, 0.6) is 5.75 Å². The lowest BCUT2D eigenvalue weighted by atomic mass is 10.1. The van der Waals surface area contributed by atoms with Crippen molar-refractivity contribution in [2.45, 2.75) is 24.0 Å². The van der Waals surface area contributed by atoms with Gasteiger partial charge in [0.05, 0.1) is 23.7 Å². The van der Waals surface area contributed by atoms with E-state index in [0.29, 0.717) is 24.4 Å². The van der Waals surface area contributed by atoms with E-state index in [-0.39, 0.29) is 23.9 Å². The number of halogens is 1. The second-order valence-corrected chi connectivity index (χ2v) is 12.7. The van der Waals surface area contributed by atoms with Gasteiger partial charge >= 0.3 is 0 Å². The van der Waals surface area contributed by atoms with E-state index < -0.39 is 28.6 Å². The third-order valence-electron chi connectivity index (χ3n) is 6.89. The molecular weight excluding hydrogens is 618 g/mol. The molecule has 1 aliphatic heterocycles. The minimum Gasteiger partial charge on any atom is -0.477 e. The number of hydrogen-bond donors (Lipinski definition) is 1. The van der Waals surface area contributed by atoms with Gasteiger partial charge in [-0.2, -0.15) is 4.31 Å². The van der Waals surface area contributed by atoms with Gasteiger partial charge in [-0.3, -0.25) is 9.59 Å². The van der Waals surface area contributed by atoms with Crippen LogP contribution in [0.15, 0.2) is 119 Å². The van der Waals surface area contributed by atoms with Crippen molar-refractivity contribution in [3.63, 3.8) is 0 Å². The Morgan fingerprint density at radius 2 is 1.48 bits per heavy atom. The van der Waals surface area contributed by atoms with Gasteiger partial charge in [0.25, 0.3) is 5.91 Å². The van der Waals surface area contributed by atoms with Crippen molar-refractivity contribution in [3.8, 4) is 5.75 Å². The van der Waals surface area contributed by atoms with Crippen molar-refractivity contribution in [1.82, 2.24) is 9.62 Å². The number of nitrogens with one attached hydrogen (secondary N) is 1.